The van der Waals surface area contributed by atoms with E-state index >= 15 is 0 Å². The summed E-state index contributed by atoms with van der Waals surface area (Å²) in [5.74, 6) is -0.322. The maximum Gasteiger partial charge on any atom is 0.243 e. The Bertz CT molecular complexity index is 632. The minimum atomic E-state index is -3.69. The van der Waals surface area contributed by atoms with Gasteiger partial charge in [-0.3, -0.25) is 4.79 Å². The molecule has 0 spiro atoms. The van der Waals surface area contributed by atoms with Crippen molar-refractivity contribution in [2.45, 2.75) is 4.90 Å². The molecule has 2 rings (SSSR count). The largest absolute Gasteiger partial charge is 0.354 e. The minimum absolute atomic E-state index is 0.0621. The van der Waals surface area contributed by atoms with Gasteiger partial charge >= 0.3 is 0 Å². The molecule has 0 unspecified atom stereocenters. The van der Waals surface area contributed by atoms with Crippen LogP contribution in [-0.2, 0) is 19.6 Å². The van der Waals surface area contributed by atoms with Crippen LogP contribution >= 0.6 is 0 Å². The van der Waals surface area contributed by atoms with Gasteiger partial charge < -0.3 is 5.32 Å². The topological polar surface area (TPSA) is 95.9 Å². The Kier molecular flexibility index (Phi) is 3.75. The highest BCUT2D eigenvalue weighted by Gasteiger charge is 2.28. The quantitative estimate of drug-likeness (QED) is 0.611. The molecule has 1 heterocycles. The van der Waals surface area contributed by atoms with Gasteiger partial charge in [-0.2, -0.15) is 9.30 Å². The number of amides is 1. The summed E-state index contributed by atoms with van der Waals surface area (Å²) in [5.41, 5.74) is 0.324. The van der Waals surface area contributed by atoms with Crippen LogP contribution in [0.2, 0.25) is 0 Å². The van der Waals surface area contributed by atoms with Crippen LogP contribution in [0.3, 0.4) is 0 Å². The Morgan fingerprint density at radius 1 is 1.26 bits per heavy atom. The molecular formula is C11H11N3O4S. The molecule has 19 heavy (non-hydrogen) atoms. The summed E-state index contributed by atoms with van der Waals surface area (Å²) >= 11 is 0. The molecule has 0 aliphatic carbocycles. The Balaban J connectivity index is 2.28. The normalized spacial score (nSPS) is 16.5. The minimum Gasteiger partial charge on any atom is -0.354 e. The van der Waals surface area contributed by atoms with E-state index in [4.69, 9.17) is 0 Å². The average molecular weight is 281 g/mol. The van der Waals surface area contributed by atoms with Crippen molar-refractivity contribution in [1.82, 2.24) is 9.62 Å². The van der Waals surface area contributed by atoms with E-state index in [1.54, 1.807) is 0 Å². The summed E-state index contributed by atoms with van der Waals surface area (Å²) in [5, 5.41) is 2.56. The number of nitrogens with one attached hydrogen (secondary N) is 1. The van der Waals surface area contributed by atoms with Gasteiger partial charge in [0.1, 0.15) is 0 Å². The summed E-state index contributed by atoms with van der Waals surface area (Å²) in [7, 11) is -3.69. The van der Waals surface area contributed by atoms with Crippen molar-refractivity contribution in [2.24, 2.45) is 4.99 Å². The molecule has 1 aliphatic heterocycles. The highest BCUT2D eigenvalue weighted by molar-refractivity contribution is 7.89. The lowest BCUT2D eigenvalue weighted by Gasteiger charge is -2.25. The van der Waals surface area contributed by atoms with Crippen molar-refractivity contribution < 1.29 is 18.0 Å². The van der Waals surface area contributed by atoms with Gasteiger partial charge in [0.25, 0.3) is 0 Å². The molecule has 1 aromatic rings. The summed E-state index contributed by atoms with van der Waals surface area (Å²) in [6, 6.07) is 5.50. The molecule has 8 heteroatoms. The number of isocyanates is 1. The van der Waals surface area contributed by atoms with Gasteiger partial charge in [-0.15, -0.1) is 0 Å². The highest BCUT2D eigenvalue weighted by Crippen LogP contribution is 2.19. The lowest BCUT2D eigenvalue weighted by Crippen LogP contribution is -2.49. The number of carbonyl (C=O) groups is 1. The molecule has 1 amide bonds. The van der Waals surface area contributed by atoms with Crippen molar-refractivity contribution in [1.29, 1.82) is 0 Å². The number of nitrogens with zero attached hydrogens (tertiary/aromatic N) is 2. The molecule has 1 aliphatic rings. The zero-order valence-corrected chi connectivity index (χ0v) is 10.7. The molecule has 0 bridgehead atoms. The molecule has 1 N–H and O–H groups in total. The monoisotopic (exact) mass is 281 g/mol. The fourth-order valence-electron chi connectivity index (χ4n) is 1.71. The van der Waals surface area contributed by atoms with Crippen LogP contribution in [0.15, 0.2) is 34.2 Å². The predicted octanol–water partition coefficient (Wildman–Crippen LogP) is -0.226. The van der Waals surface area contributed by atoms with Crippen LogP contribution in [0.5, 0.6) is 0 Å². The molecular weight excluding hydrogens is 270 g/mol. The highest BCUT2D eigenvalue weighted by atomic mass is 32.2. The Hall–Kier alpha value is -2.02. The average Bonchev–Trinajstić information content (AvgIpc) is 2.40. The molecule has 1 saturated heterocycles. The first-order valence-corrected chi connectivity index (χ1v) is 6.93. The van der Waals surface area contributed by atoms with E-state index in [0.29, 0.717) is 12.2 Å². The van der Waals surface area contributed by atoms with E-state index in [9.17, 15) is 18.0 Å². The number of benzene rings is 1. The maximum atomic E-state index is 12.2. The molecule has 0 saturated carbocycles. The van der Waals surface area contributed by atoms with Gasteiger partial charge in [0.05, 0.1) is 17.1 Å². The van der Waals surface area contributed by atoms with Gasteiger partial charge in [-0.1, -0.05) is 0 Å². The van der Waals surface area contributed by atoms with Gasteiger partial charge in [-0.05, 0) is 24.3 Å². The first kappa shape index (κ1) is 13.4. The standard InChI is InChI=1S/C11H11N3O4S/c15-8-13-9-1-3-10(4-2-9)19(17,18)14-6-5-12-11(16)7-14/h1-4H,5-7H2,(H,12,16). The van der Waals surface area contributed by atoms with Gasteiger partial charge in [0.15, 0.2) is 0 Å². The van der Waals surface area contributed by atoms with Crippen LogP contribution in [0.4, 0.5) is 5.69 Å². The third-order valence-corrected chi connectivity index (χ3v) is 4.51. The number of piperazine rings is 1. The van der Waals surface area contributed by atoms with Crippen LogP contribution in [-0.4, -0.2) is 44.3 Å². The summed E-state index contributed by atoms with van der Waals surface area (Å²) in [6.45, 7) is 0.352. The third-order valence-electron chi connectivity index (χ3n) is 2.65. The van der Waals surface area contributed by atoms with Crippen molar-refractivity contribution in [3.8, 4) is 0 Å². The number of rotatable bonds is 3. The lowest BCUT2D eigenvalue weighted by atomic mass is 10.3. The molecule has 0 radical (unpaired) electrons. The molecule has 0 atom stereocenters. The Morgan fingerprint density at radius 2 is 1.95 bits per heavy atom. The molecule has 0 aromatic heterocycles. The van der Waals surface area contributed by atoms with Crippen molar-refractivity contribution in [2.75, 3.05) is 19.6 Å². The summed E-state index contributed by atoms with van der Waals surface area (Å²) in [4.78, 5) is 24.7. The second-order valence-corrected chi connectivity index (χ2v) is 5.82. The maximum absolute atomic E-state index is 12.2. The fraction of sp³-hybridized carbons (Fsp3) is 0.273. The van der Waals surface area contributed by atoms with E-state index in [1.165, 1.54) is 30.3 Å². The summed E-state index contributed by atoms with van der Waals surface area (Å²) < 4.78 is 25.6. The Labute approximate surface area is 110 Å². The van der Waals surface area contributed by atoms with Gasteiger partial charge in [0, 0.05) is 13.1 Å². The van der Waals surface area contributed by atoms with E-state index in [2.05, 4.69) is 10.3 Å². The number of hydrogen-bond donors (Lipinski definition) is 1. The van der Waals surface area contributed by atoms with E-state index in [0.717, 1.165) is 4.31 Å². The van der Waals surface area contributed by atoms with Gasteiger partial charge in [0.2, 0.25) is 22.0 Å². The van der Waals surface area contributed by atoms with E-state index in [1.807, 2.05) is 0 Å². The summed E-state index contributed by atoms with van der Waals surface area (Å²) in [6.07, 6.45) is 1.37. The van der Waals surface area contributed by atoms with Crippen LogP contribution in [0.1, 0.15) is 0 Å². The van der Waals surface area contributed by atoms with Crippen molar-refractivity contribution in [3.05, 3.63) is 24.3 Å². The number of sulfonamides is 1. The molecule has 100 valence electrons. The first-order valence-electron chi connectivity index (χ1n) is 5.49. The second kappa shape index (κ2) is 5.31. The molecule has 1 aromatic carbocycles. The van der Waals surface area contributed by atoms with E-state index in [-0.39, 0.29) is 23.9 Å². The lowest BCUT2D eigenvalue weighted by molar-refractivity contribution is -0.122. The predicted molar refractivity (Wildman–Crippen MR) is 66.0 cm³/mol. The number of aliphatic imine (C=N–C) groups is 1. The van der Waals surface area contributed by atoms with Crippen molar-refractivity contribution in [3.63, 3.8) is 0 Å². The van der Waals surface area contributed by atoms with E-state index < -0.39 is 10.0 Å². The zero-order valence-electron chi connectivity index (χ0n) is 9.87. The fourth-order valence-corrected chi connectivity index (χ4v) is 3.11. The first-order chi connectivity index (χ1) is 9.04. The van der Waals surface area contributed by atoms with Crippen LogP contribution < -0.4 is 5.32 Å². The molecule has 7 nitrogen and oxygen atoms in total. The number of carbonyl (C=O) groups excluding carboxylic acids is 2. The van der Waals surface area contributed by atoms with Crippen LogP contribution in [0.25, 0.3) is 0 Å². The SMILES string of the molecule is O=C=Nc1ccc(S(=O)(=O)N2CCNC(=O)C2)cc1. The zero-order chi connectivity index (χ0) is 13.9. The third kappa shape index (κ3) is 2.87. The Morgan fingerprint density at radius 3 is 2.53 bits per heavy atom. The van der Waals surface area contributed by atoms with Crippen molar-refractivity contribution >= 4 is 27.7 Å². The second-order valence-electron chi connectivity index (χ2n) is 3.89. The number of hydrogen-bond acceptors (Lipinski definition) is 5. The van der Waals surface area contributed by atoms with Crippen LogP contribution in [0, 0.1) is 0 Å². The smallest absolute Gasteiger partial charge is 0.243 e. The van der Waals surface area contributed by atoms with Gasteiger partial charge in [-0.25, -0.2) is 13.2 Å². The molecule has 1 fully saturated rings.